The van der Waals surface area contributed by atoms with Gasteiger partial charge in [0.25, 0.3) is 0 Å². The molecule has 5 nitrogen and oxygen atoms in total. The highest BCUT2D eigenvalue weighted by Gasteiger charge is 2.30. The summed E-state index contributed by atoms with van der Waals surface area (Å²) < 4.78 is 38.2. The van der Waals surface area contributed by atoms with Gasteiger partial charge in [-0.25, -0.2) is 12.8 Å². The quantitative estimate of drug-likeness (QED) is 0.704. The van der Waals surface area contributed by atoms with E-state index in [1.165, 1.54) is 39.5 Å². The SMILES string of the molecule is CN(c1ccc2c(c1)N(C1CCN(CCc3ccc(F)cc3)CC1)CC2)S(C)(=O)=O. The fourth-order valence-corrected chi connectivity index (χ4v) is 5.05. The molecule has 0 N–H and O–H groups in total. The third kappa shape index (κ3) is 4.62. The summed E-state index contributed by atoms with van der Waals surface area (Å²) >= 11 is 0. The van der Waals surface area contributed by atoms with Crippen molar-refractivity contribution in [2.75, 3.05) is 48.7 Å². The number of benzene rings is 2. The van der Waals surface area contributed by atoms with Gasteiger partial charge in [0.2, 0.25) is 10.0 Å². The maximum absolute atomic E-state index is 13.1. The minimum atomic E-state index is -3.27. The zero-order valence-electron chi connectivity index (χ0n) is 17.7. The lowest BCUT2D eigenvalue weighted by atomic mass is 10.0. The Morgan fingerprint density at radius 2 is 1.77 bits per heavy atom. The lowest BCUT2D eigenvalue weighted by Gasteiger charge is -2.38. The van der Waals surface area contributed by atoms with Crippen LogP contribution in [0.4, 0.5) is 15.8 Å². The van der Waals surface area contributed by atoms with Crippen molar-refractivity contribution in [1.82, 2.24) is 4.90 Å². The lowest BCUT2D eigenvalue weighted by molar-refractivity contribution is 0.212. The highest BCUT2D eigenvalue weighted by molar-refractivity contribution is 7.92. The molecule has 0 aliphatic carbocycles. The number of anilines is 2. The number of hydrogen-bond donors (Lipinski definition) is 0. The van der Waals surface area contributed by atoms with Crippen LogP contribution in [0.5, 0.6) is 0 Å². The zero-order chi connectivity index (χ0) is 21.3. The molecule has 0 saturated carbocycles. The zero-order valence-corrected chi connectivity index (χ0v) is 18.5. The highest BCUT2D eigenvalue weighted by atomic mass is 32.2. The maximum atomic E-state index is 13.1. The van der Waals surface area contributed by atoms with E-state index in [2.05, 4.69) is 15.9 Å². The van der Waals surface area contributed by atoms with E-state index in [4.69, 9.17) is 0 Å². The summed E-state index contributed by atoms with van der Waals surface area (Å²) in [7, 11) is -1.66. The predicted octanol–water partition coefficient (Wildman–Crippen LogP) is 3.29. The Bertz CT molecular complexity index is 986. The van der Waals surface area contributed by atoms with E-state index in [1.54, 1.807) is 7.05 Å². The second-order valence-electron chi connectivity index (χ2n) is 8.44. The van der Waals surface area contributed by atoms with Gasteiger partial charge in [-0.3, -0.25) is 4.31 Å². The Morgan fingerprint density at radius 3 is 2.43 bits per heavy atom. The Morgan fingerprint density at radius 1 is 1.07 bits per heavy atom. The van der Waals surface area contributed by atoms with E-state index in [1.807, 2.05) is 24.3 Å². The van der Waals surface area contributed by atoms with Crippen molar-refractivity contribution in [3.05, 3.63) is 59.4 Å². The Labute approximate surface area is 179 Å². The minimum absolute atomic E-state index is 0.184. The van der Waals surface area contributed by atoms with Crippen LogP contribution in [0.2, 0.25) is 0 Å². The molecule has 0 amide bonds. The number of hydrogen-bond acceptors (Lipinski definition) is 4. The third-order valence-electron chi connectivity index (χ3n) is 6.49. The van der Waals surface area contributed by atoms with Crippen LogP contribution in [0.1, 0.15) is 24.0 Å². The lowest BCUT2D eigenvalue weighted by Crippen LogP contribution is -2.45. The fourth-order valence-electron chi connectivity index (χ4n) is 4.55. The first-order chi connectivity index (χ1) is 14.3. The van der Waals surface area contributed by atoms with E-state index in [0.29, 0.717) is 6.04 Å². The first-order valence-electron chi connectivity index (χ1n) is 10.6. The summed E-state index contributed by atoms with van der Waals surface area (Å²) in [6.45, 7) is 4.11. The third-order valence-corrected chi connectivity index (χ3v) is 7.70. The Balaban J connectivity index is 1.36. The topological polar surface area (TPSA) is 43.9 Å². The second-order valence-corrected chi connectivity index (χ2v) is 10.4. The van der Waals surface area contributed by atoms with Gasteiger partial charge >= 0.3 is 0 Å². The van der Waals surface area contributed by atoms with Crippen molar-refractivity contribution in [3.63, 3.8) is 0 Å². The standard InChI is InChI=1S/C23H30FN3O2S/c1-25(30(2,28)29)22-8-5-19-10-16-27(23(19)17-22)21-11-14-26(15-12-21)13-9-18-3-6-20(24)7-4-18/h3-8,17,21H,9-16H2,1-2H3. The van der Waals surface area contributed by atoms with Crippen molar-refractivity contribution >= 4 is 21.4 Å². The smallest absolute Gasteiger partial charge is 0.231 e. The fraction of sp³-hybridized carbons (Fsp3) is 0.478. The van der Waals surface area contributed by atoms with Crippen LogP contribution in [-0.4, -0.2) is 58.8 Å². The molecular weight excluding hydrogens is 401 g/mol. The summed E-state index contributed by atoms with van der Waals surface area (Å²) in [6, 6.07) is 13.3. The monoisotopic (exact) mass is 431 g/mol. The van der Waals surface area contributed by atoms with Crippen LogP contribution >= 0.6 is 0 Å². The predicted molar refractivity (Wildman–Crippen MR) is 120 cm³/mol. The number of rotatable bonds is 6. The number of fused-ring (bicyclic) bond motifs is 1. The molecule has 2 aliphatic rings. The number of nitrogens with zero attached hydrogens (tertiary/aromatic N) is 3. The molecule has 162 valence electrons. The number of sulfonamides is 1. The van der Waals surface area contributed by atoms with Gasteiger partial charge in [0, 0.05) is 45.0 Å². The molecule has 0 unspecified atom stereocenters. The first kappa shape index (κ1) is 21.1. The van der Waals surface area contributed by atoms with Crippen LogP contribution in [-0.2, 0) is 22.9 Å². The molecule has 1 saturated heterocycles. The largest absolute Gasteiger partial charge is 0.368 e. The second kappa shape index (κ2) is 8.55. The van der Waals surface area contributed by atoms with Crippen LogP contribution in [0.3, 0.4) is 0 Å². The van der Waals surface area contributed by atoms with E-state index < -0.39 is 10.0 Å². The molecule has 2 aromatic rings. The molecule has 2 aromatic carbocycles. The molecule has 0 aromatic heterocycles. The maximum Gasteiger partial charge on any atom is 0.231 e. The van der Waals surface area contributed by atoms with Gasteiger partial charge in [0.05, 0.1) is 11.9 Å². The van der Waals surface area contributed by atoms with Crippen molar-refractivity contribution in [2.45, 2.75) is 31.7 Å². The summed E-state index contributed by atoms with van der Waals surface area (Å²) in [4.78, 5) is 4.97. The molecule has 0 atom stereocenters. The first-order valence-corrected chi connectivity index (χ1v) is 12.5. The Kier molecular flexibility index (Phi) is 6.02. The van der Waals surface area contributed by atoms with E-state index in [0.717, 1.165) is 57.5 Å². The molecule has 2 aliphatic heterocycles. The number of halogens is 1. The van der Waals surface area contributed by atoms with Gasteiger partial charge < -0.3 is 9.80 Å². The highest BCUT2D eigenvalue weighted by Crippen LogP contribution is 2.36. The number of likely N-dealkylation sites (tertiary alicyclic amines) is 1. The van der Waals surface area contributed by atoms with E-state index >= 15 is 0 Å². The molecule has 0 bridgehead atoms. The average Bonchev–Trinajstić information content (AvgIpc) is 3.16. The molecule has 0 spiro atoms. The van der Waals surface area contributed by atoms with Gasteiger partial charge in [0.15, 0.2) is 0 Å². The average molecular weight is 432 g/mol. The van der Waals surface area contributed by atoms with Crippen LogP contribution < -0.4 is 9.21 Å². The van der Waals surface area contributed by atoms with Gasteiger partial charge in [-0.2, -0.15) is 0 Å². The van der Waals surface area contributed by atoms with E-state index in [9.17, 15) is 12.8 Å². The Hall–Kier alpha value is -2.12. The van der Waals surface area contributed by atoms with Gasteiger partial charge in [-0.15, -0.1) is 0 Å². The summed E-state index contributed by atoms with van der Waals surface area (Å²) in [5, 5.41) is 0. The molecule has 4 rings (SSSR count). The van der Waals surface area contributed by atoms with Gasteiger partial charge in [-0.05, 0) is 61.1 Å². The van der Waals surface area contributed by atoms with Crippen LogP contribution in [0, 0.1) is 5.82 Å². The molecule has 2 heterocycles. The van der Waals surface area contributed by atoms with Crippen LogP contribution in [0.15, 0.2) is 42.5 Å². The molecule has 7 heteroatoms. The molecular formula is C23H30FN3O2S. The van der Waals surface area contributed by atoms with Crippen molar-refractivity contribution in [3.8, 4) is 0 Å². The summed E-state index contributed by atoms with van der Waals surface area (Å²) in [6.07, 6.45) is 5.41. The molecule has 0 radical (unpaired) electrons. The van der Waals surface area contributed by atoms with Crippen LogP contribution in [0.25, 0.3) is 0 Å². The van der Waals surface area contributed by atoms with Crippen molar-refractivity contribution in [2.24, 2.45) is 0 Å². The molecule has 1 fully saturated rings. The molecule has 30 heavy (non-hydrogen) atoms. The van der Waals surface area contributed by atoms with Gasteiger partial charge in [0.1, 0.15) is 5.82 Å². The van der Waals surface area contributed by atoms with E-state index in [-0.39, 0.29) is 5.82 Å². The van der Waals surface area contributed by atoms with Crippen molar-refractivity contribution in [1.29, 1.82) is 0 Å². The normalized spacial score (nSPS) is 17.9. The number of piperidine rings is 1. The summed E-state index contributed by atoms with van der Waals surface area (Å²) in [5.41, 5.74) is 4.39. The summed E-state index contributed by atoms with van der Waals surface area (Å²) in [5.74, 6) is -0.184. The van der Waals surface area contributed by atoms with Crippen molar-refractivity contribution < 1.29 is 12.8 Å². The van der Waals surface area contributed by atoms with Gasteiger partial charge in [-0.1, -0.05) is 18.2 Å². The minimum Gasteiger partial charge on any atom is -0.368 e.